The van der Waals surface area contributed by atoms with Gasteiger partial charge in [-0.15, -0.1) is 0 Å². The van der Waals surface area contributed by atoms with Crippen molar-refractivity contribution < 1.29 is 39.0 Å². The van der Waals surface area contributed by atoms with Crippen LogP contribution in [0.3, 0.4) is 0 Å². The monoisotopic (exact) mass is 325 g/mol. The normalized spacial score (nSPS) is 21.5. The second kappa shape index (κ2) is 7.91. The molecule has 0 unspecified atom stereocenters. The molecule has 1 aromatic heterocycles. The SMILES string of the molecule is O=C(O)C[C@H]1COC[C@H](NC(=O)Cc2ccc[n+](O)c2)B(O)O1. The smallest absolute Gasteiger partial charge is 0.480 e. The van der Waals surface area contributed by atoms with E-state index in [0.717, 1.165) is 4.73 Å². The number of carbonyl (C=O) groups is 2. The second-order valence-electron chi connectivity index (χ2n) is 5.23. The van der Waals surface area contributed by atoms with Gasteiger partial charge in [-0.3, -0.25) is 14.8 Å². The van der Waals surface area contributed by atoms with Gasteiger partial charge in [0, 0.05) is 16.4 Å². The van der Waals surface area contributed by atoms with Gasteiger partial charge in [0.25, 0.3) is 0 Å². The summed E-state index contributed by atoms with van der Waals surface area (Å²) in [5.41, 5.74) is 0.584. The fraction of sp³-hybridized carbons (Fsp3) is 0.462. The van der Waals surface area contributed by atoms with Crippen molar-refractivity contribution in [3.8, 4) is 0 Å². The zero-order chi connectivity index (χ0) is 16.8. The molecule has 2 heterocycles. The lowest BCUT2D eigenvalue weighted by Crippen LogP contribution is -2.50. The molecule has 2 atom stereocenters. The summed E-state index contributed by atoms with van der Waals surface area (Å²) in [7, 11) is -1.36. The highest BCUT2D eigenvalue weighted by molar-refractivity contribution is 6.45. The van der Waals surface area contributed by atoms with Crippen molar-refractivity contribution in [1.29, 1.82) is 0 Å². The fourth-order valence-electron chi connectivity index (χ4n) is 2.21. The summed E-state index contributed by atoms with van der Waals surface area (Å²) in [5.74, 6) is -2.25. The maximum Gasteiger partial charge on any atom is 0.480 e. The van der Waals surface area contributed by atoms with Gasteiger partial charge in [-0.2, -0.15) is 0 Å². The lowest BCUT2D eigenvalue weighted by molar-refractivity contribution is -0.905. The number of nitrogens with zero attached hydrogens (tertiary/aromatic N) is 1. The first kappa shape index (κ1) is 17.2. The quantitative estimate of drug-likeness (QED) is 0.284. The van der Waals surface area contributed by atoms with E-state index in [0.29, 0.717) is 5.56 Å². The minimum Gasteiger partial charge on any atom is -0.481 e. The van der Waals surface area contributed by atoms with Gasteiger partial charge in [0.05, 0.1) is 38.1 Å². The Morgan fingerprint density at radius 3 is 2.91 bits per heavy atom. The second-order valence-corrected chi connectivity index (χ2v) is 5.23. The average Bonchev–Trinajstić information content (AvgIpc) is 2.60. The molecule has 1 aromatic rings. The van der Waals surface area contributed by atoms with E-state index in [9.17, 15) is 19.8 Å². The van der Waals surface area contributed by atoms with Crippen LogP contribution in [-0.4, -0.2) is 59.6 Å². The van der Waals surface area contributed by atoms with Gasteiger partial charge in [-0.1, -0.05) is 0 Å². The molecule has 1 aliphatic rings. The van der Waals surface area contributed by atoms with Gasteiger partial charge in [-0.25, -0.2) is 0 Å². The summed E-state index contributed by atoms with van der Waals surface area (Å²) in [6.45, 7) is 0.0384. The predicted molar refractivity (Wildman–Crippen MR) is 75.4 cm³/mol. The highest BCUT2D eigenvalue weighted by Crippen LogP contribution is 2.09. The molecule has 0 bridgehead atoms. The maximum absolute atomic E-state index is 12.0. The minimum atomic E-state index is -1.36. The van der Waals surface area contributed by atoms with Crippen LogP contribution in [0.4, 0.5) is 0 Å². The van der Waals surface area contributed by atoms with Crippen molar-refractivity contribution in [2.24, 2.45) is 0 Å². The number of hydrogen-bond donors (Lipinski definition) is 4. The van der Waals surface area contributed by atoms with E-state index in [4.69, 9.17) is 14.5 Å². The summed E-state index contributed by atoms with van der Waals surface area (Å²) in [6.07, 6.45) is 1.74. The van der Waals surface area contributed by atoms with E-state index in [-0.39, 0.29) is 32.0 Å². The van der Waals surface area contributed by atoms with Crippen molar-refractivity contribution in [3.05, 3.63) is 30.1 Å². The lowest BCUT2D eigenvalue weighted by atomic mass is 9.79. The molecule has 0 saturated carbocycles. The van der Waals surface area contributed by atoms with E-state index in [1.807, 2.05) is 0 Å². The maximum atomic E-state index is 12.0. The number of hydrogen-bond acceptors (Lipinski definition) is 6. The van der Waals surface area contributed by atoms with Gasteiger partial charge in [0.1, 0.15) is 0 Å². The molecule has 0 aliphatic carbocycles. The zero-order valence-electron chi connectivity index (χ0n) is 12.3. The van der Waals surface area contributed by atoms with Gasteiger partial charge in [0.2, 0.25) is 18.3 Å². The number of nitrogens with one attached hydrogen (secondary N) is 1. The van der Waals surface area contributed by atoms with Crippen LogP contribution in [0.1, 0.15) is 12.0 Å². The van der Waals surface area contributed by atoms with Crippen molar-refractivity contribution in [2.75, 3.05) is 13.2 Å². The molecule has 4 N–H and O–H groups in total. The average molecular weight is 325 g/mol. The molecular weight excluding hydrogens is 307 g/mol. The minimum absolute atomic E-state index is 0.00315. The van der Waals surface area contributed by atoms with Crippen LogP contribution >= 0.6 is 0 Å². The Kier molecular flexibility index (Phi) is 5.91. The molecule has 124 valence electrons. The van der Waals surface area contributed by atoms with Crippen molar-refractivity contribution in [3.63, 3.8) is 0 Å². The number of aliphatic carboxylic acids is 1. The van der Waals surface area contributed by atoms with Gasteiger partial charge in [-0.05, 0) is 6.07 Å². The molecule has 1 saturated heterocycles. The van der Waals surface area contributed by atoms with Crippen molar-refractivity contribution >= 4 is 19.0 Å². The molecule has 0 radical (unpaired) electrons. The number of carbonyl (C=O) groups excluding carboxylic acids is 1. The summed E-state index contributed by atoms with van der Waals surface area (Å²) >= 11 is 0. The highest BCUT2D eigenvalue weighted by Gasteiger charge is 2.35. The fourth-order valence-corrected chi connectivity index (χ4v) is 2.21. The van der Waals surface area contributed by atoms with Crippen LogP contribution in [0.5, 0.6) is 0 Å². The number of pyridine rings is 1. The van der Waals surface area contributed by atoms with E-state index >= 15 is 0 Å². The third-order valence-corrected chi connectivity index (χ3v) is 3.24. The van der Waals surface area contributed by atoms with E-state index in [2.05, 4.69) is 5.32 Å². The van der Waals surface area contributed by atoms with E-state index in [1.165, 1.54) is 12.4 Å². The summed E-state index contributed by atoms with van der Waals surface area (Å²) in [6, 6.07) is 3.26. The first-order chi connectivity index (χ1) is 10.9. The lowest BCUT2D eigenvalue weighted by Gasteiger charge is -2.18. The van der Waals surface area contributed by atoms with E-state index in [1.54, 1.807) is 12.1 Å². The molecule has 9 nitrogen and oxygen atoms in total. The molecule has 10 heteroatoms. The standard InChI is InChI=1S/C13H17BN2O7/c17-12(4-9-2-1-3-16(21)6-9)15-11-8-22-7-10(5-13(18)19)23-14(11)20/h1-3,6,10-11,20H,4-5,7-8H2,(H2-,15,17,18,19,21)/p+1/t10-,11-/m0/s1. The predicted octanol–water partition coefficient (Wildman–Crippen LogP) is -1.85. The first-order valence-corrected chi connectivity index (χ1v) is 7.06. The molecule has 0 aromatic carbocycles. The van der Waals surface area contributed by atoms with Crippen LogP contribution in [0.2, 0.25) is 0 Å². The highest BCUT2D eigenvalue weighted by atomic mass is 16.6. The molecule has 0 spiro atoms. The number of aromatic nitrogens is 1. The van der Waals surface area contributed by atoms with Crippen LogP contribution in [0, 0.1) is 0 Å². The molecule has 1 fully saturated rings. The number of rotatable bonds is 5. The van der Waals surface area contributed by atoms with Crippen LogP contribution in [0.25, 0.3) is 0 Å². The Labute approximate surface area is 132 Å². The number of ether oxygens (including phenoxy) is 1. The third-order valence-electron chi connectivity index (χ3n) is 3.24. The Balaban J connectivity index is 1.88. The number of carboxylic acid groups (broad SMARTS) is 1. The van der Waals surface area contributed by atoms with Crippen LogP contribution < -0.4 is 10.0 Å². The van der Waals surface area contributed by atoms with Crippen LogP contribution in [0.15, 0.2) is 24.5 Å². The number of amides is 1. The van der Waals surface area contributed by atoms with Gasteiger partial charge in [0.15, 0.2) is 0 Å². The Morgan fingerprint density at radius 2 is 2.22 bits per heavy atom. The Hall–Kier alpha value is -2.17. The molecule has 1 aliphatic heterocycles. The summed E-state index contributed by atoms with van der Waals surface area (Å²) in [5, 5.41) is 30.5. The van der Waals surface area contributed by atoms with E-state index < -0.39 is 25.1 Å². The van der Waals surface area contributed by atoms with Crippen molar-refractivity contribution in [2.45, 2.75) is 24.9 Å². The number of carboxylic acids is 1. The molecular formula is C13H18BN2O7+. The Morgan fingerprint density at radius 1 is 1.43 bits per heavy atom. The molecule has 2 rings (SSSR count). The summed E-state index contributed by atoms with van der Waals surface area (Å²) in [4.78, 5) is 22.7. The van der Waals surface area contributed by atoms with Gasteiger partial charge < -0.3 is 24.8 Å². The summed E-state index contributed by atoms with van der Waals surface area (Å²) < 4.78 is 11.3. The van der Waals surface area contributed by atoms with Crippen LogP contribution in [-0.2, 0) is 25.4 Å². The Bertz CT molecular complexity index is 571. The zero-order valence-corrected chi connectivity index (χ0v) is 12.3. The van der Waals surface area contributed by atoms with Crippen molar-refractivity contribution in [1.82, 2.24) is 5.32 Å². The third kappa shape index (κ3) is 5.51. The topological polar surface area (TPSA) is 129 Å². The first-order valence-electron chi connectivity index (χ1n) is 7.06. The molecule has 23 heavy (non-hydrogen) atoms. The largest absolute Gasteiger partial charge is 0.481 e. The molecule has 1 amide bonds. The van der Waals surface area contributed by atoms with Gasteiger partial charge >= 0.3 is 13.1 Å².